The smallest absolute Gasteiger partial charge is 0.244 e. The van der Waals surface area contributed by atoms with Crippen LogP contribution in [0.4, 0.5) is 0 Å². The maximum absolute atomic E-state index is 13.0. The van der Waals surface area contributed by atoms with E-state index in [9.17, 15) is 13.5 Å². The molecule has 1 spiro atoms. The molecule has 6 nitrogen and oxygen atoms in total. The molecule has 3 aliphatic heterocycles. The minimum atomic E-state index is -3.58. The minimum absolute atomic E-state index is 0.181. The fraction of sp³-hybridized carbons (Fsp3) is 0.667. The van der Waals surface area contributed by atoms with Crippen LogP contribution in [0, 0.1) is 6.92 Å². The number of aryl methyl sites for hydroxylation is 1. The lowest BCUT2D eigenvalue weighted by molar-refractivity contribution is -0.0384. The predicted octanol–water partition coefficient (Wildman–Crippen LogP) is 1.64. The lowest BCUT2D eigenvalue weighted by Crippen LogP contribution is -2.56. The number of ether oxygens (including phenoxy) is 1. The Morgan fingerprint density at radius 2 is 1.96 bits per heavy atom. The lowest BCUT2D eigenvalue weighted by atomic mass is 9.87. The molecule has 1 aromatic carbocycles. The van der Waals surface area contributed by atoms with Crippen molar-refractivity contribution in [1.29, 1.82) is 0 Å². The van der Waals surface area contributed by atoms with Crippen molar-refractivity contribution in [2.24, 2.45) is 0 Å². The summed E-state index contributed by atoms with van der Waals surface area (Å²) < 4.78 is 33.6. The molecule has 8 heteroatoms. The molecule has 0 aliphatic carbocycles. The number of aliphatic hydroxyl groups is 1. The van der Waals surface area contributed by atoms with Crippen LogP contribution in [0.2, 0.25) is 5.02 Å². The molecule has 1 atom stereocenters. The first-order valence-electron chi connectivity index (χ1n) is 9.11. The molecule has 0 aromatic heterocycles. The van der Waals surface area contributed by atoms with Gasteiger partial charge in [0, 0.05) is 32.2 Å². The second-order valence-corrected chi connectivity index (χ2v) is 10.1. The Labute approximate surface area is 159 Å². The molecular formula is C18H25ClN2O4S. The zero-order chi connectivity index (χ0) is 18.5. The van der Waals surface area contributed by atoms with Crippen LogP contribution in [-0.4, -0.2) is 73.3 Å². The summed E-state index contributed by atoms with van der Waals surface area (Å²) in [5, 5.41) is 9.76. The van der Waals surface area contributed by atoms with Crippen LogP contribution in [-0.2, 0) is 14.8 Å². The summed E-state index contributed by atoms with van der Waals surface area (Å²) in [4.78, 5) is 2.44. The van der Waals surface area contributed by atoms with Gasteiger partial charge in [-0.25, -0.2) is 8.42 Å². The summed E-state index contributed by atoms with van der Waals surface area (Å²) in [5.41, 5.74) is 0.710. The Balaban J connectivity index is 1.42. The number of hydrogen-bond donors (Lipinski definition) is 1. The third-order valence-electron chi connectivity index (χ3n) is 5.94. The molecule has 26 heavy (non-hydrogen) atoms. The number of sulfonamides is 1. The maximum atomic E-state index is 13.0. The zero-order valence-corrected chi connectivity index (χ0v) is 16.5. The normalized spacial score (nSPS) is 27.7. The summed E-state index contributed by atoms with van der Waals surface area (Å²) in [7, 11) is -3.58. The molecule has 4 rings (SSSR count). The molecule has 0 bridgehead atoms. The number of benzene rings is 1. The van der Waals surface area contributed by atoms with Gasteiger partial charge in [0.1, 0.15) is 4.90 Å². The number of hydrogen-bond acceptors (Lipinski definition) is 5. The van der Waals surface area contributed by atoms with E-state index in [1.807, 2.05) is 6.92 Å². The summed E-state index contributed by atoms with van der Waals surface area (Å²) >= 11 is 6.19. The van der Waals surface area contributed by atoms with Gasteiger partial charge in [0.15, 0.2) is 0 Å². The number of likely N-dealkylation sites (tertiary alicyclic amines) is 1. The van der Waals surface area contributed by atoms with Crippen LogP contribution in [0.25, 0.3) is 0 Å². The van der Waals surface area contributed by atoms with Crippen molar-refractivity contribution in [2.75, 3.05) is 32.8 Å². The molecule has 3 fully saturated rings. The Hall–Kier alpha value is -0.700. The van der Waals surface area contributed by atoms with Gasteiger partial charge in [-0.3, -0.25) is 4.90 Å². The van der Waals surface area contributed by atoms with Gasteiger partial charge < -0.3 is 9.84 Å². The maximum Gasteiger partial charge on any atom is 0.244 e. The number of β-amino-alcohol motifs (C(OH)–C–C–N with tert-alkyl or cyclic N) is 1. The Morgan fingerprint density at radius 3 is 2.58 bits per heavy atom. The van der Waals surface area contributed by atoms with Crippen molar-refractivity contribution in [1.82, 2.24) is 9.21 Å². The average molecular weight is 401 g/mol. The topological polar surface area (TPSA) is 70.1 Å². The number of rotatable bonds is 3. The second-order valence-electron chi connectivity index (χ2n) is 7.80. The van der Waals surface area contributed by atoms with Crippen LogP contribution >= 0.6 is 11.6 Å². The molecule has 0 radical (unpaired) electrons. The standard InChI is InChI=1S/C18H25ClN2O4S/c1-13-2-3-17(16(19)8-13)26(23,24)21-6-4-18(5-7-21)9-14(12-25-18)20-10-15(22)11-20/h2-3,8,14-15,22H,4-7,9-12H2,1H3. The molecule has 1 N–H and O–H groups in total. The molecule has 1 aromatic rings. The molecule has 3 saturated heterocycles. The molecule has 0 saturated carbocycles. The van der Waals surface area contributed by atoms with Gasteiger partial charge in [-0.1, -0.05) is 17.7 Å². The summed E-state index contributed by atoms with van der Waals surface area (Å²) in [6.45, 7) is 4.89. The van der Waals surface area contributed by atoms with Crippen LogP contribution < -0.4 is 0 Å². The molecule has 3 heterocycles. The third-order valence-corrected chi connectivity index (χ3v) is 8.32. The van der Waals surface area contributed by atoms with E-state index in [1.165, 1.54) is 4.31 Å². The van der Waals surface area contributed by atoms with Gasteiger partial charge in [0.2, 0.25) is 10.0 Å². The highest BCUT2D eigenvalue weighted by Crippen LogP contribution is 2.40. The monoisotopic (exact) mass is 400 g/mol. The van der Waals surface area contributed by atoms with Gasteiger partial charge in [0.05, 0.1) is 23.3 Å². The average Bonchev–Trinajstić information content (AvgIpc) is 2.95. The van der Waals surface area contributed by atoms with Crippen LogP contribution in [0.3, 0.4) is 0 Å². The highest BCUT2D eigenvalue weighted by atomic mass is 35.5. The van der Waals surface area contributed by atoms with Crippen molar-refractivity contribution in [3.8, 4) is 0 Å². The lowest BCUT2D eigenvalue weighted by Gasteiger charge is -2.41. The van der Waals surface area contributed by atoms with Gasteiger partial charge in [-0.2, -0.15) is 4.31 Å². The van der Waals surface area contributed by atoms with E-state index in [4.69, 9.17) is 16.3 Å². The van der Waals surface area contributed by atoms with Crippen molar-refractivity contribution >= 4 is 21.6 Å². The molecule has 1 unspecified atom stereocenters. The number of aliphatic hydroxyl groups excluding tert-OH is 1. The van der Waals surface area contributed by atoms with Crippen molar-refractivity contribution in [2.45, 2.75) is 48.8 Å². The quantitative estimate of drug-likeness (QED) is 0.835. The van der Waals surface area contributed by atoms with E-state index in [1.54, 1.807) is 18.2 Å². The number of halogens is 1. The summed E-state index contributed by atoms with van der Waals surface area (Å²) in [5.74, 6) is 0. The fourth-order valence-corrected chi connectivity index (χ4v) is 6.29. The van der Waals surface area contributed by atoms with Crippen LogP contribution in [0.15, 0.2) is 23.1 Å². The fourth-order valence-electron chi connectivity index (χ4n) is 4.28. The Kier molecular flexibility index (Phi) is 4.82. The third kappa shape index (κ3) is 3.30. The van der Waals surface area contributed by atoms with Crippen LogP contribution in [0.1, 0.15) is 24.8 Å². The molecular weight excluding hydrogens is 376 g/mol. The van der Waals surface area contributed by atoms with E-state index < -0.39 is 10.0 Å². The highest BCUT2D eigenvalue weighted by molar-refractivity contribution is 7.89. The van der Waals surface area contributed by atoms with E-state index >= 15 is 0 Å². The van der Waals surface area contributed by atoms with Gasteiger partial charge in [-0.15, -0.1) is 0 Å². The molecule has 0 amide bonds. The summed E-state index contributed by atoms with van der Waals surface area (Å²) in [6, 6.07) is 5.39. The van der Waals surface area contributed by atoms with E-state index in [-0.39, 0.29) is 21.6 Å². The first-order chi connectivity index (χ1) is 12.3. The number of piperidine rings is 1. The SMILES string of the molecule is Cc1ccc(S(=O)(=O)N2CCC3(CC2)CC(N2CC(O)C2)CO3)c(Cl)c1. The predicted molar refractivity (Wildman–Crippen MR) is 98.8 cm³/mol. The zero-order valence-electron chi connectivity index (χ0n) is 14.9. The molecule has 144 valence electrons. The van der Waals surface area contributed by atoms with Crippen LogP contribution in [0.5, 0.6) is 0 Å². The van der Waals surface area contributed by atoms with Gasteiger partial charge in [-0.05, 0) is 43.9 Å². The minimum Gasteiger partial charge on any atom is -0.390 e. The second kappa shape index (κ2) is 6.72. The molecule has 3 aliphatic rings. The van der Waals surface area contributed by atoms with Gasteiger partial charge in [0.25, 0.3) is 0 Å². The van der Waals surface area contributed by atoms with Gasteiger partial charge >= 0.3 is 0 Å². The Morgan fingerprint density at radius 1 is 1.27 bits per heavy atom. The van der Waals surface area contributed by atoms with E-state index in [0.29, 0.717) is 38.6 Å². The van der Waals surface area contributed by atoms with Crippen molar-refractivity contribution in [3.05, 3.63) is 28.8 Å². The van der Waals surface area contributed by atoms with Crippen molar-refractivity contribution < 1.29 is 18.3 Å². The largest absolute Gasteiger partial charge is 0.390 e. The van der Waals surface area contributed by atoms with E-state index in [0.717, 1.165) is 25.1 Å². The van der Waals surface area contributed by atoms with Crippen molar-refractivity contribution in [3.63, 3.8) is 0 Å². The first kappa shape index (κ1) is 18.7. The van der Waals surface area contributed by atoms with E-state index in [2.05, 4.69) is 4.90 Å². The highest BCUT2D eigenvalue weighted by Gasteiger charge is 2.47. The number of nitrogens with zero attached hydrogens (tertiary/aromatic N) is 2. The summed E-state index contributed by atoms with van der Waals surface area (Å²) in [6.07, 6.45) is 2.10. The first-order valence-corrected chi connectivity index (χ1v) is 10.9. The Bertz CT molecular complexity index is 786.